The van der Waals surface area contributed by atoms with Gasteiger partial charge >= 0.3 is 0 Å². The maximum absolute atomic E-state index is 5.52. The van der Waals surface area contributed by atoms with Crippen LogP contribution in [0.3, 0.4) is 0 Å². The lowest BCUT2D eigenvalue weighted by atomic mass is 9.80. The molecule has 0 saturated heterocycles. The van der Waals surface area contributed by atoms with Crippen molar-refractivity contribution in [3.05, 3.63) is 0 Å². The van der Waals surface area contributed by atoms with Gasteiger partial charge in [0.05, 0.1) is 5.60 Å². The van der Waals surface area contributed by atoms with Crippen molar-refractivity contribution in [2.75, 3.05) is 13.7 Å². The van der Waals surface area contributed by atoms with E-state index < -0.39 is 0 Å². The maximum Gasteiger partial charge on any atom is 0.0623 e. The Kier molecular flexibility index (Phi) is 5.46. The molecule has 1 N–H and O–H groups in total. The van der Waals surface area contributed by atoms with Gasteiger partial charge in [-0.15, -0.1) is 0 Å². The van der Waals surface area contributed by atoms with Crippen molar-refractivity contribution >= 4 is 0 Å². The highest BCUT2D eigenvalue weighted by Gasteiger charge is 2.35. The van der Waals surface area contributed by atoms with Crippen molar-refractivity contribution in [1.82, 2.24) is 5.32 Å². The molecule has 1 fully saturated rings. The van der Waals surface area contributed by atoms with Crippen LogP contribution in [0.1, 0.15) is 66.2 Å². The molecule has 0 radical (unpaired) electrons. The van der Waals surface area contributed by atoms with E-state index in [9.17, 15) is 0 Å². The molecular weight excluding hydrogens is 210 g/mol. The fourth-order valence-corrected chi connectivity index (χ4v) is 2.78. The molecule has 0 amide bonds. The lowest BCUT2D eigenvalue weighted by Gasteiger charge is -2.30. The molecule has 2 nitrogen and oxygen atoms in total. The summed E-state index contributed by atoms with van der Waals surface area (Å²) < 4.78 is 5.52. The van der Waals surface area contributed by atoms with Crippen LogP contribution in [0.15, 0.2) is 0 Å². The third kappa shape index (κ3) is 4.97. The predicted octanol–water partition coefficient (Wildman–Crippen LogP) is 3.75. The van der Waals surface area contributed by atoms with Crippen molar-refractivity contribution < 1.29 is 4.74 Å². The number of hydrogen-bond acceptors (Lipinski definition) is 2. The van der Waals surface area contributed by atoms with Crippen LogP contribution in [0.5, 0.6) is 0 Å². The third-order valence-corrected chi connectivity index (χ3v) is 4.40. The number of methoxy groups -OCH3 is 1. The van der Waals surface area contributed by atoms with E-state index in [0.717, 1.165) is 6.04 Å². The Labute approximate surface area is 108 Å². The molecule has 1 saturated carbocycles. The molecule has 1 aliphatic rings. The van der Waals surface area contributed by atoms with Crippen LogP contribution in [0.4, 0.5) is 0 Å². The Morgan fingerprint density at radius 2 is 2.12 bits per heavy atom. The van der Waals surface area contributed by atoms with Crippen LogP contribution in [-0.2, 0) is 4.74 Å². The molecular formula is C15H31NO. The largest absolute Gasteiger partial charge is 0.379 e. The molecule has 2 heteroatoms. The first-order valence-corrected chi connectivity index (χ1v) is 7.19. The van der Waals surface area contributed by atoms with E-state index in [-0.39, 0.29) is 5.60 Å². The summed E-state index contributed by atoms with van der Waals surface area (Å²) in [6, 6.07) is 0.755. The summed E-state index contributed by atoms with van der Waals surface area (Å²) in [5.41, 5.74) is 0.569. The van der Waals surface area contributed by atoms with Crippen LogP contribution >= 0.6 is 0 Å². The maximum atomic E-state index is 5.52. The summed E-state index contributed by atoms with van der Waals surface area (Å²) >= 11 is 0. The molecule has 0 heterocycles. The fourth-order valence-electron chi connectivity index (χ4n) is 2.78. The Morgan fingerprint density at radius 1 is 1.41 bits per heavy atom. The van der Waals surface area contributed by atoms with Gasteiger partial charge < -0.3 is 10.1 Å². The zero-order valence-corrected chi connectivity index (χ0v) is 12.4. The molecule has 2 atom stereocenters. The molecule has 0 bridgehead atoms. The summed E-state index contributed by atoms with van der Waals surface area (Å²) in [6.45, 7) is 10.2. The van der Waals surface area contributed by atoms with Gasteiger partial charge in [0, 0.05) is 13.2 Å². The molecule has 0 spiro atoms. The van der Waals surface area contributed by atoms with E-state index in [1.807, 2.05) is 7.11 Å². The van der Waals surface area contributed by atoms with Gasteiger partial charge in [-0.25, -0.2) is 0 Å². The summed E-state index contributed by atoms with van der Waals surface area (Å²) in [5, 5.41) is 3.67. The zero-order valence-electron chi connectivity index (χ0n) is 12.4. The summed E-state index contributed by atoms with van der Waals surface area (Å²) in [5.74, 6) is 0. The second-order valence-corrected chi connectivity index (χ2v) is 6.67. The van der Waals surface area contributed by atoms with Gasteiger partial charge in [0.1, 0.15) is 0 Å². The number of nitrogens with one attached hydrogen (secondary N) is 1. The average Bonchev–Trinajstić information content (AvgIpc) is 2.67. The SMILES string of the molecule is CCCNC1CCC(C)(CCC(C)(C)OC)C1. The third-order valence-electron chi connectivity index (χ3n) is 4.40. The number of hydrogen-bond donors (Lipinski definition) is 1. The van der Waals surface area contributed by atoms with Crippen LogP contribution < -0.4 is 5.32 Å². The van der Waals surface area contributed by atoms with Crippen molar-refractivity contribution in [1.29, 1.82) is 0 Å². The van der Waals surface area contributed by atoms with E-state index in [1.165, 1.54) is 45.1 Å². The standard InChI is InChI=1S/C15H31NO/c1-6-11-16-13-7-8-15(4,12-13)10-9-14(2,3)17-5/h13,16H,6-12H2,1-5H3. The minimum Gasteiger partial charge on any atom is -0.379 e. The van der Waals surface area contributed by atoms with Crippen molar-refractivity contribution in [3.63, 3.8) is 0 Å². The van der Waals surface area contributed by atoms with Gasteiger partial charge in [-0.2, -0.15) is 0 Å². The molecule has 1 aliphatic carbocycles. The second-order valence-electron chi connectivity index (χ2n) is 6.67. The Bertz CT molecular complexity index is 227. The average molecular weight is 241 g/mol. The smallest absolute Gasteiger partial charge is 0.0623 e. The summed E-state index contributed by atoms with van der Waals surface area (Å²) in [4.78, 5) is 0. The van der Waals surface area contributed by atoms with Crippen molar-refractivity contribution in [2.45, 2.75) is 77.9 Å². The molecule has 0 aromatic carbocycles. The molecule has 0 aromatic rings. The topological polar surface area (TPSA) is 21.3 Å². The summed E-state index contributed by atoms with van der Waals surface area (Å²) in [7, 11) is 1.82. The molecule has 2 unspecified atom stereocenters. The molecule has 102 valence electrons. The monoisotopic (exact) mass is 241 g/mol. The Balaban J connectivity index is 2.33. The lowest BCUT2D eigenvalue weighted by molar-refractivity contribution is 0.00490. The van der Waals surface area contributed by atoms with Crippen LogP contribution in [0.2, 0.25) is 0 Å². The van der Waals surface area contributed by atoms with E-state index in [4.69, 9.17) is 4.74 Å². The highest BCUT2D eigenvalue weighted by Crippen LogP contribution is 2.42. The Morgan fingerprint density at radius 3 is 2.71 bits per heavy atom. The fraction of sp³-hybridized carbons (Fsp3) is 1.00. The molecule has 0 aromatic heterocycles. The van der Waals surface area contributed by atoms with Gasteiger partial charge in [-0.05, 0) is 64.3 Å². The van der Waals surface area contributed by atoms with Gasteiger partial charge in [0.15, 0.2) is 0 Å². The van der Waals surface area contributed by atoms with Crippen LogP contribution in [0, 0.1) is 5.41 Å². The first-order chi connectivity index (χ1) is 7.91. The lowest BCUT2D eigenvalue weighted by Crippen LogP contribution is -2.29. The van der Waals surface area contributed by atoms with Gasteiger partial charge in [-0.1, -0.05) is 13.8 Å². The first kappa shape index (κ1) is 15.0. The minimum atomic E-state index is 0.0396. The quantitative estimate of drug-likeness (QED) is 0.733. The molecule has 0 aliphatic heterocycles. The second kappa shape index (κ2) is 6.19. The predicted molar refractivity (Wildman–Crippen MR) is 74.4 cm³/mol. The van der Waals surface area contributed by atoms with E-state index in [2.05, 4.69) is 33.0 Å². The summed E-state index contributed by atoms with van der Waals surface area (Å²) in [6.07, 6.45) is 7.76. The Hall–Kier alpha value is -0.0800. The van der Waals surface area contributed by atoms with Crippen LogP contribution in [-0.4, -0.2) is 25.3 Å². The normalized spacial score (nSPS) is 29.8. The van der Waals surface area contributed by atoms with E-state index >= 15 is 0 Å². The zero-order chi connectivity index (χ0) is 12.9. The first-order valence-electron chi connectivity index (χ1n) is 7.19. The van der Waals surface area contributed by atoms with Crippen molar-refractivity contribution in [3.8, 4) is 0 Å². The van der Waals surface area contributed by atoms with Gasteiger partial charge in [-0.3, -0.25) is 0 Å². The van der Waals surface area contributed by atoms with Crippen LogP contribution in [0.25, 0.3) is 0 Å². The number of ether oxygens (including phenoxy) is 1. The highest BCUT2D eigenvalue weighted by molar-refractivity contribution is 4.90. The molecule has 1 rings (SSSR count). The number of rotatable bonds is 7. The van der Waals surface area contributed by atoms with E-state index in [1.54, 1.807) is 0 Å². The van der Waals surface area contributed by atoms with Gasteiger partial charge in [0.25, 0.3) is 0 Å². The van der Waals surface area contributed by atoms with Crippen molar-refractivity contribution in [2.24, 2.45) is 5.41 Å². The minimum absolute atomic E-state index is 0.0396. The highest BCUT2D eigenvalue weighted by atomic mass is 16.5. The van der Waals surface area contributed by atoms with E-state index in [0.29, 0.717) is 5.41 Å². The molecule has 17 heavy (non-hydrogen) atoms. The van der Waals surface area contributed by atoms with Gasteiger partial charge in [0.2, 0.25) is 0 Å².